The molecule has 0 aliphatic carbocycles. The van der Waals surface area contributed by atoms with E-state index in [-0.39, 0.29) is 11.8 Å². The minimum atomic E-state index is -0.591. The smallest absolute Gasteiger partial charge is 0.243 e. The summed E-state index contributed by atoms with van der Waals surface area (Å²) in [6.07, 6.45) is 0.464. The summed E-state index contributed by atoms with van der Waals surface area (Å²) in [5, 5.41) is 3.63. The lowest BCUT2D eigenvalue weighted by Crippen LogP contribution is -2.51. The predicted molar refractivity (Wildman–Crippen MR) is 142 cm³/mol. The fraction of sp³-hybridized carbons (Fsp3) is 0.286. The maximum atomic E-state index is 13.5. The van der Waals surface area contributed by atoms with Crippen LogP contribution < -0.4 is 5.32 Å². The molecule has 0 fully saturated rings. The van der Waals surface area contributed by atoms with Crippen LogP contribution in [0.3, 0.4) is 0 Å². The number of nitrogens with one attached hydrogen (secondary N) is 1. The van der Waals surface area contributed by atoms with Crippen LogP contribution in [0.5, 0.6) is 0 Å². The lowest BCUT2D eigenvalue weighted by atomic mass is 10.0. The van der Waals surface area contributed by atoms with Crippen molar-refractivity contribution in [2.24, 2.45) is 0 Å². The first kappa shape index (κ1) is 25.9. The molecule has 0 saturated carbocycles. The van der Waals surface area contributed by atoms with E-state index in [0.717, 1.165) is 22.3 Å². The van der Waals surface area contributed by atoms with Crippen LogP contribution in [-0.2, 0) is 28.3 Å². The zero-order valence-corrected chi connectivity index (χ0v) is 21.2. The second kappa shape index (κ2) is 13.2. The van der Waals surface area contributed by atoms with E-state index >= 15 is 0 Å². The molecule has 1 atom stereocenters. The maximum Gasteiger partial charge on any atom is 0.243 e. The third kappa shape index (κ3) is 7.93. The van der Waals surface area contributed by atoms with Crippen molar-refractivity contribution < 1.29 is 9.59 Å². The van der Waals surface area contributed by atoms with Crippen LogP contribution in [0.25, 0.3) is 0 Å². The van der Waals surface area contributed by atoms with Crippen LogP contribution in [0, 0.1) is 6.92 Å². The highest BCUT2D eigenvalue weighted by molar-refractivity contribution is 7.99. The summed E-state index contributed by atoms with van der Waals surface area (Å²) in [7, 11) is 0. The second-order valence-corrected chi connectivity index (χ2v) is 9.65. The monoisotopic (exact) mass is 494 g/mol. The summed E-state index contributed by atoms with van der Waals surface area (Å²) >= 11 is 7.52. The molecular weight excluding hydrogens is 464 g/mol. The molecule has 3 aromatic rings. The molecule has 1 N–H and O–H groups in total. The number of hydrogen-bond acceptors (Lipinski definition) is 3. The van der Waals surface area contributed by atoms with E-state index in [4.69, 9.17) is 11.6 Å². The van der Waals surface area contributed by atoms with E-state index < -0.39 is 6.04 Å². The SMILES string of the molecule is CCNC(=O)[C@H](Cc1ccccc1)N(Cc1cccc(C)c1)C(=O)CSCc1ccc(Cl)cc1. The predicted octanol–water partition coefficient (Wildman–Crippen LogP) is 5.66. The van der Waals surface area contributed by atoms with Gasteiger partial charge in [-0.25, -0.2) is 0 Å². The topological polar surface area (TPSA) is 49.4 Å². The van der Waals surface area contributed by atoms with Gasteiger partial charge in [0.15, 0.2) is 0 Å². The van der Waals surface area contributed by atoms with Crippen LogP contribution in [0.4, 0.5) is 0 Å². The van der Waals surface area contributed by atoms with E-state index in [0.29, 0.717) is 36.0 Å². The Morgan fingerprint density at radius 3 is 2.32 bits per heavy atom. The summed E-state index contributed by atoms with van der Waals surface area (Å²) < 4.78 is 0. The Morgan fingerprint density at radius 1 is 0.941 bits per heavy atom. The second-order valence-electron chi connectivity index (χ2n) is 8.23. The molecule has 0 radical (unpaired) electrons. The average molecular weight is 495 g/mol. The van der Waals surface area contributed by atoms with Crippen molar-refractivity contribution in [1.82, 2.24) is 10.2 Å². The third-order valence-electron chi connectivity index (χ3n) is 5.47. The first-order chi connectivity index (χ1) is 16.5. The number of benzene rings is 3. The zero-order chi connectivity index (χ0) is 24.3. The number of likely N-dealkylation sites (N-methyl/N-ethyl adjacent to an activating group) is 1. The van der Waals surface area contributed by atoms with Gasteiger partial charge in [0.1, 0.15) is 6.04 Å². The van der Waals surface area contributed by atoms with Gasteiger partial charge in [-0.05, 0) is 42.7 Å². The van der Waals surface area contributed by atoms with Crippen LogP contribution in [-0.4, -0.2) is 35.1 Å². The highest BCUT2D eigenvalue weighted by Gasteiger charge is 2.30. The molecule has 178 valence electrons. The molecule has 0 aliphatic heterocycles. The summed E-state index contributed by atoms with van der Waals surface area (Å²) in [5.74, 6) is 0.813. The van der Waals surface area contributed by atoms with Gasteiger partial charge >= 0.3 is 0 Å². The van der Waals surface area contributed by atoms with Gasteiger partial charge in [0.25, 0.3) is 0 Å². The lowest BCUT2D eigenvalue weighted by Gasteiger charge is -2.31. The third-order valence-corrected chi connectivity index (χ3v) is 6.71. The van der Waals surface area contributed by atoms with Crippen molar-refractivity contribution in [2.75, 3.05) is 12.3 Å². The van der Waals surface area contributed by atoms with Gasteiger partial charge in [0.2, 0.25) is 11.8 Å². The molecule has 0 spiro atoms. The van der Waals surface area contributed by atoms with Crippen molar-refractivity contribution in [3.8, 4) is 0 Å². The first-order valence-corrected chi connectivity index (χ1v) is 13.0. The van der Waals surface area contributed by atoms with E-state index in [1.807, 2.05) is 86.6 Å². The zero-order valence-electron chi connectivity index (χ0n) is 19.7. The van der Waals surface area contributed by atoms with Crippen LogP contribution in [0.2, 0.25) is 5.02 Å². The Hall–Kier alpha value is -2.76. The molecule has 4 nitrogen and oxygen atoms in total. The van der Waals surface area contributed by atoms with Gasteiger partial charge in [-0.3, -0.25) is 9.59 Å². The van der Waals surface area contributed by atoms with Crippen LogP contribution in [0.1, 0.15) is 29.2 Å². The molecule has 0 heterocycles. The Balaban J connectivity index is 1.81. The summed E-state index contributed by atoms with van der Waals surface area (Å²) in [6.45, 7) is 4.83. The van der Waals surface area contributed by atoms with Crippen LogP contribution in [0.15, 0.2) is 78.9 Å². The number of halogens is 1. The Bertz CT molecular complexity index is 1070. The fourth-order valence-corrected chi connectivity index (χ4v) is 4.77. The van der Waals surface area contributed by atoms with Gasteiger partial charge in [-0.1, -0.05) is 83.9 Å². The summed E-state index contributed by atoms with van der Waals surface area (Å²) in [6, 6.07) is 25.0. The van der Waals surface area contributed by atoms with Crippen molar-refractivity contribution >= 4 is 35.2 Å². The standard InChI is InChI=1S/C28H31ClN2O2S/c1-3-30-28(33)26(17-22-9-5-4-6-10-22)31(18-24-11-7-8-21(2)16-24)27(32)20-34-19-23-12-14-25(29)15-13-23/h4-16,26H,3,17-20H2,1-2H3,(H,30,33)/t26-/m0/s1. The first-order valence-electron chi connectivity index (χ1n) is 11.4. The molecule has 3 rings (SSSR count). The highest BCUT2D eigenvalue weighted by atomic mass is 35.5. The van der Waals surface area contributed by atoms with Gasteiger partial charge in [-0.2, -0.15) is 0 Å². The molecule has 3 aromatic carbocycles. The Morgan fingerprint density at radius 2 is 1.65 bits per heavy atom. The van der Waals surface area contributed by atoms with E-state index in [2.05, 4.69) is 11.4 Å². The lowest BCUT2D eigenvalue weighted by molar-refractivity contribution is -0.139. The van der Waals surface area contributed by atoms with Gasteiger partial charge < -0.3 is 10.2 Å². The van der Waals surface area contributed by atoms with Crippen LogP contribution >= 0.6 is 23.4 Å². The minimum Gasteiger partial charge on any atom is -0.355 e. The van der Waals surface area contributed by atoms with Crippen molar-refractivity contribution in [3.63, 3.8) is 0 Å². The van der Waals surface area contributed by atoms with Gasteiger partial charge in [0.05, 0.1) is 5.75 Å². The number of amides is 2. The van der Waals surface area contributed by atoms with E-state index in [9.17, 15) is 9.59 Å². The van der Waals surface area contributed by atoms with Crippen molar-refractivity contribution in [1.29, 1.82) is 0 Å². The molecule has 6 heteroatoms. The van der Waals surface area contributed by atoms with E-state index in [1.54, 1.807) is 16.7 Å². The highest BCUT2D eigenvalue weighted by Crippen LogP contribution is 2.20. The van der Waals surface area contributed by atoms with E-state index in [1.165, 1.54) is 0 Å². The number of carbonyl (C=O) groups excluding carboxylic acids is 2. The summed E-state index contributed by atoms with van der Waals surface area (Å²) in [5.41, 5.74) is 4.27. The molecule has 2 amide bonds. The Labute approximate surface area is 211 Å². The maximum absolute atomic E-state index is 13.5. The normalized spacial score (nSPS) is 11.6. The number of aryl methyl sites for hydroxylation is 1. The molecular formula is C28H31ClN2O2S. The van der Waals surface area contributed by atoms with Crippen molar-refractivity contribution in [2.45, 2.75) is 38.6 Å². The fourth-order valence-electron chi connectivity index (χ4n) is 3.77. The average Bonchev–Trinajstić information content (AvgIpc) is 2.83. The molecule has 0 aliphatic rings. The number of carbonyl (C=O) groups is 2. The number of thioether (sulfide) groups is 1. The Kier molecular flexibility index (Phi) is 10.0. The quantitative estimate of drug-likeness (QED) is 0.374. The summed E-state index contributed by atoms with van der Waals surface area (Å²) in [4.78, 5) is 28.4. The number of nitrogens with zero attached hydrogens (tertiary/aromatic N) is 1. The number of hydrogen-bond donors (Lipinski definition) is 1. The number of rotatable bonds is 11. The molecule has 0 unspecified atom stereocenters. The molecule has 0 bridgehead atoms. The van der Waals surface area contributed by atoms with Gasteiger partial charge in [-0.15, -0.1) is 11.8 Å². The molecule has 0 saturated heterocycles. The molecule has 34 heavy (non-hydrogen) atoms. The largest absolute Gasteiger partial charge is 0.355 e. The van der Waals surface area contributed by atoms with Gasteiger partial charge in [0, 0.05) is 30.3 Å². The molecule has 0 aromatic heterocycles. The minimum absolute atomic E-state index is 0.0485. The van der Waals surface area contributed by atoms with Crippen molar-refractivity contribution in [3.05, 3.63) is 106 Å².